The van der Waals surface area contributed by atoms with Crippen molar-refractivity contribution in [3.63, 3.8) is 0 Å². The quantitative estimate of drug-likeness (QED) is 0.738. The molecule has 0 radical (unpaired) electrons. The van der Waals surface area contributed by atoms with Crippen molar-refractivity contribution in [1.29, 1.82) is 0 Å². The van der Waals surface area contributed by atoms with Gasteiger partial charge in [0.1, 0.15) is 0 Å². The molecular formula is C9H9ClN2O. The van der Waals surface area contributed by atoms with E-state index in [1.54, 1.807) is 25.3 Å². The Morgan fingerprint density at radius 3 is 3.08 bits per heavy atom. The number of aromatic nitrogens is 1. The molecule has 0 aromatic carbocycles. The van der Waals surface area contributed by atoms with Gasteiger partial charge in [0.2, 0.25) is 5.91 Å². The fraction of sp³-hybridized carbons (Fsp3) is 0.111. The molecule has 1 heterocycles. The van der Waals surface area contributed by atoms with E-state index in [1.807, 2.05) is 0 Å². The van der Waals surface area contributed by atoms with Crippen molar-refractivity contribution >= 4 is 23.2 Å². The highest BCUT2D eigenvalue weighted by atomic mass is 35.5. The van der Waals surface area contributed by atoms with E-state index in [0.717, 1.165) is 0 Å². The zero-order valence-electron chi connectivity index (χ0n) is 7.12. The second-order valence-electron chi connectivity index (χ2n) is 2.34. The number of hydrogen-bond donors (Lipinski definition) is 1. The molecule has 0 aliphatic rings. The van der Waals surface area contributed by atoms with Gasteiger partial charge < -0.3 is 5.32 Å². The highest BCUT2D eigenvalue weighted by Crippen LogP contribution is 2.18. The van der Waals surface area contributed by atoms with Gasteiger partial charge in [-0.25, -0.2) is 0 Å². The van der Waals surface area contributed by atoms with Crippen molar-refractivity contribution < 1.29 is 4.79 Å². The Kier molecular flexibility index (Phi) is 3.46. The van der Waals surface area contributed by atoms with E-state index in [2.05, 4.69) is 10.3 Å². The van der Waals surface area contributed by atoms with Crippen LogP contribution in [0.1, 0.15) is 6.92 Å². The molecule has 0 bridgehead atoms. The van der Waals surface area contributed by atoms with Gasteiger partial charge in [-0.05, 0) is 19.1 Å². The van der Waals surface area contributed by atoms with Gasteiger partial charge in [0.25, 0.3) is 0 Å². The average Bonchev–Trinajstić information content (AvgIpc) is 2.09. The first-order valence-corrected chi connectivity index (χ1v) is 4.15. The number of anilines is 1. The molecule has 0 atom stereocenters. The summed E-state index contributed by atoms with van der Waals surface area (Å²) >= 11 is 5.79. The molecule has 0 fully saturated rings. The molecule has 0 unspecified atom stereocenters. The molecule has 1 amide bonds. The summed E-state index contributed by atoms with van der Waals surface area (Å²) in [6.07, 6.45) is 6.14. The van der Waals surface area contributed by atoms with Gasteiger partial charge in [0.05, 0.1) is 16.9 Å². The van der Waals surface area contributed by atoms with Gasteiger partial charge in [0.15, 0.2) is 0 Å². The number of nitrogens with one attached hydrogen (secondary N) is 1. The number of carbonyl (C=O) groups is 1. The van der Waals surface area contributed by atoms with Crippen LogP contribution in [0.2, 0.25) is 5.02 Å². The van der Waals surface area contributed by atoms with Crippen LogP contribution in [0.3, 0.4) is 0 Å². The molecule has 0 aliphatic heterocycles. The van der Waals surface area contributed by atoms with Crippen LogP contribution in [-0.2, 0) is 4.79 Å². The lowest BCUT2D eigenvalue weighted by Gasteiger charge is -2.02. The number of hydrogen-bond acceptors (Lipinski definition) is 2. The molecule has 0 saturated carbocycles. The van der Waals surface area contributed by atoms with E-state index >= 15 is 0 Å². The lowest BCUT2D eigenvalue weighted by molar-refractivity contribution is -0.111. The highest BCUT2D eigenvalue weighted by molar-refractivity contribution is 6.33. The molecule has 13 heavy (non-hydrogen) atoms. The number of allylic oxidation sites excluding steroid dienone is 1. The minimum atomic E-state index is -0.211. The molecule has 1 aromatic heterocycles. The summed E-state index contributed by atoms with van der Waals surface area (Å²) in [6.45, 7) is 1.77. The molecule has 1 aromatic rings. The van der Waals surface area contributed by atoms with Crippen LogP contribution >= 0.6 is 11.6 Å². The maximum atomic E-state index is 11.1. The first-order valence-electron chi connectivity index (χ1n) is 3.77. The van der Waals surface area contributed by atoms with Crippen LogP contribution in [0.15, 0.2) is 30.6 Å². The van der Waals surface area contributed by atoms with Crippen LogP contribution in [0.25, 0.3) is 0 Å². The number of carbonyl (C=O) groups excluding carboxylic acids is 1. The van der Waals surface area contributed by atoms with Crippen LogP contribution in [0.4, 0.5) is 5.69 Å². The van der Waals surface area contributed by atoms with Crippen molar-refractivity contribution in [2.45, 2.75) is 6.92 Å². The predicted molar refractivity (Wildman–Crippen MR) is 52.7 cm³/mol. The van der Waals surface area contributed by atoms with E-state index in [-0.39, 0.29) is 5.91 Å². The number of halogens is 1. The van der Waals surface area contributed by atoms with E-state index in [4.69, 9.17) is 11.6 Å². The van der Waals surface area contributed by atoms with Crippen LogP contribution in [0.5, 0.6) is 0 Å². The fourth-order valence-electron chi connectivity index (χ4n) is 0.795. The second kappa shape index (κ2) is 4.62. The Morgan fingerprint density at radius 2 is 2.46 bits per heavy atom. The summed E-state index contributed by atoms with van der Waals surface area (Å²) in [5, 5.41) is 3.07. The molecular weight excluding hydrogens is 188 g/mol. The average molecular weight is 197 g/mol. The van der Waals surface area contributed by atoms with Gasteiger partial charge in [-0.2, -0.15) is 0 Å². The topological polar surface area (TPSA) is 42.0 Å². The SMILES string of the molecule is C/C=C/C(=O)Nc1cnccc1Cl. The van der Waals surface area contributed by atoms with Crippen molar-refractivity contribution in [2.24, 2.45) is 0 Å². The Hall–Kier alpha value is -1.35. The predicted octanol–water partition coefficient (Wildman–Crippen LogP) is 2.25. The summed E-state index contributed by atoms with van der Waals surface area (Å²) in [4.78, 5) is 14.9. The molecule has 0 spiro atoms. The van der Waals surface area contributed by atoms with Crippen LogP contribution in [0, 0.1) is 0 Å². The highest BCUT2D eigenvalue weighted by Gasteiger charge is 2.01. The summed E-state index contributed by atoms with van der Waals surface area (Å²) in [5.41, 5.74) is 0.521. The molecule has 1 N–H and O–H groups in total. The zero-order valence-corrected chi connectivity index (χ0v) is 7.88. The first-order chi connectivity index (χ1) is 6.24. The molecule has 3 nitrogen and oxygen atoms in total. The molecule has 0 aliphatic carbocycles. The fourth-order valence-corrected chi connectivity index (χ4v) is 0.948. The number of rotatable bonds is 2. The molecule has 0 saturated heterocycles. The number of amides is 1. The maximum absolute atomic E-state index is 11.1. The van der Waals surface area contributed by atoms with Crippen molar-refractivity contribution in [3.05, 3.63) is 35.6 Å². The maximum Gasteiger partial charge on any atom is 0.248 e. The minimum Gasteiger partial charge on any atom is -0.320 e. The van der Waals surface area contributed by atoms with Crippen LogP contribution < -0.4 is 5.32 Å². The van der Waals surface area contributed by atoms with E-state index in [0.29, 0.717) is 10.7 Å². The lowest BCUT2D eigenvalue weighted by atomic mass is 10.4. The molecule has 68 valence electrons. The largest absolute Gasteiger partial charge is 0.320 e. The van der Waals surface area contributed by atoms with Crippen molar-refractivity contribution in [3.8, 4) is 0 Å². The van der Waals surface area contributed by atoms with Crippen molar-refractivity contribution in [1.82, 2.24) is 4.98 Å². The first kappa shape index (κ1) is 9.74. The molecule has 1 rings (SSSR count). The zero-order chi connectivity index (χ0) is 9.68. The number of nitrogens with zero attached hydrogens (tertiary/aromatic N) is 1. The Labute approximate surface area is 81.4 Å². The Morgan fingerprint density at radius 1 is 1.69 bits per heavy atom. The lowest BCUT2D eigenvalue weighted by Crippen LogP contribution is -2.08. The summed E-state index contributed by atoms with van der Waals surface area (Å²) < 4.78 is 0. The van der Waals surface area contributed by atoms with Crippen LogP contribution in [-0.4, -0.2) is 10.9 Å². The smallest absolute Gasteiger partial charge is 0.248 e. The standard InChI is InChI=1S/C9H9ClN2O/c1-2-3-9(13)12-8-6-11-5-4-7(8)10/h2-6H,1H3,(H,12,13)/b3-2+. The van der Waals surface area contributed by atoms with Gasteiger partial charge in [-0.15, -0.1) is 0 Å². The summed E-state index contributed by atoms with van der Waals surface area (Å²) in [5.74, 6) is -0.211. The van der Waals surface area contributed by atoms with E-state index in [9.17, 15) is 4.79 Å². The van der Waals surface area contributed by atoms with Gasteiger partial charge >= 0.3 is 0 Å². The number of pyridine rings is 1. The summed E-state index contributed by atoms with van der Waals surface area (Å²) in [6, 6.07) is 1.62. The third kappa shape index (κ3) is 2.87. The van der Waals surface area contributed by atoms with Gasteiger partial charge in [-0.1, -0.05) is 17.7 Å². The Bertz CT molecular complexity index is 336. The third-order valence-electron chi connectivity index (χ3n) is 1.34. The normalized spacial score (nSPS) is 10.3. The van der Waals surface area contributed by atoms with E-state index in [1.165, 1.54) is 12.3 Å². The third-order valence-corrected chi connectivity index (χ3v) is 1.67. The Balaban J connectivity index is 2.74. The van der Waals surface area contributed by atoms with Crippen molar-refractivity contribution in [2.75, 3.05) is 5.32 Å². The van der Waals surface area contributed by atoms with Gasteiger partial charge in [0, 0.05) is 6.20 Å². The van der Waals surface area contributed by atoms with E-state index < -0.39 is 0 Å². The summed E-state index contributed by atoms with van der Waals surface area (Å²) in [7, 11) is 0. The second-order valence-corrected chi connectivity index (χ2v) is 2.75. The minimum absolute atomic E-state index is 0.211. The monoisotopic (exact) mass is 196 g/mol. The van der Waals surface area contributed by atoms with Gasteiger partial charge in [-0.3, -0.25) is 9.78 Å². The molecule has 4 heteroatoms.